The summed E-state index contributed by atoms with van der Waals surface area (Å²) in [6.07, 6.45) is 10.2. The van der Waals surface area contributed by atoms with Gasteiger partial charge in [0.1, 0.15) is 0 Å². The van der Waals surface area contributed by atoms with E-state index in [0.717, 1.165) is 38.5 Å². The number of carbonyl (C=O) groups excluding carboxylic acids is 1. The third-order valence-corrected chi connectivity index (χ3v) is 6.32. The van der Waals surface area contributed by atoms with Crippen LogP contribution in [0.1, 0.15) is 72.1 Å². The summed E-state index contributed by atoms with van der Waals surface area (Å²) < 4.78 is 6.05. The fourth-order valence-corrected chi connectivity index (χ4v) is 5.21. The Morgan fingerprint density at radius 1 is 1.08 bits per heavy atom. The molecule has 4 nitrogen and oxygen atoms in total. The summed E-state index contributed by atoms with van der Waals surface area (Å²) in [6.45, 7) is 9.30. The molecule has 24 heavy (non-hydrogen) atoms. The second-order valence-electron chi connectivity index (χ2n) is 9.19. The lowest BCUT2D eigenvalue weighted by Crippen LogP contribution is -2.49. The maximum Gasteiger partial charge on any atom is 0.317 e. The monoisotopic (exact) mass is 336 g/mol. The average molecular weight is 337 g/mol. The number of hydrogen-bond acceptors (Lipinski definition) is 2. The fraction of sp³-hybridized carbons (Fsp3) is 0.950. The van der Waals surface area contributed by atoms with Crippen LogP contribution in [-0.4, -0.2) is 42.8 Å². The summed E-state index contributed by atoms with van der Waals surface area (Å²) in [6, 6.07) is 0.663. The first-order chi connectivity index (χ1) is 11.5. The van der Waals surface area contributed by atoms with Crippen molar-refractivity contribution in [2.45, 2.75) is 84.3 Å². The van der Waals surface area contributed by atoms with E-state index in [0.29, 0.717) is 12.0 Å². The van der Waals surface area contributed by atoms with Crippen LogP contribution in [0.2, 0.25) is 0 Å². The Balaban J connectivity index is 1.54. The standard InChI is InChI=1S/C20H36N2O2/c1-20(2,3)18-16(10-7-13-24-18)14-21-19(23)22-12-6-11-17(22)15-8-4-5-9-15/h15-18H,4-14H2,1-3H3,(H,21,23). The van der Waals surface area contributed by atoms with E-state index in [1.807, 2.05) is 0 Å². The zero-order chi connectivity index (χ0) is 17.2. The summed E-state index contributed by atoms with van der Waals surface area (Å²) in [4.78, 5) is 14.9. The van der Waals surface area contributed by atoms with Gasteiger partial charge in [0.05, 0.1) is 6.10 Å². The number of carbonyl (C=O) groups is 1. The lowest BCUT2D eigenvalue weighted by atomic mass is 9.78. The lowest BCUT2D eigenvalue weighted by Gasteiger charge is -2.40. The molecule has 0 radical (unpaired) electrons. The van der Waals surface area contributed by atoms with Crippen molar-refractivity contribution < 1.29 is 9.53 Å². The second-order valence-corrected chi connectivity index (χ2v) is 9.19. The Morgan fingerprint density at radius 3 is 2.54 bits per heavy atom. The normalized spacial score (nSPS) is 32.3. The maximum absolute atomic E-state index is 12.8. The largest absolute Gasteiger partial charge is 0.377 e. The molecule has 1 saturated carbocycles. The van der Waals surface area contributed by atoms with Gasteiger partial charge in [0.15, 0.2) is 0 Å². The molecule has 3 atom stereocenters. The summed E-state index contributed by atoms with van der Waals surface area (Å²) in [5.41, 5.74) is 0.135. The highest BCUT2D eigenvalue weighted by molar-refractivity contribution is 5.74. The Morgan fingerprint density at radius 2 is 1.83 bits per heavy atom. The minimum atomic E-state index is 0.135. The van der Waals surface area contributed by atoms with E-state index in [2.05, 4.69) is 31.0 Å². The SMILES string of the molecule is CC(C)(C)C1OCCCC1CNC(=O)N1CCCC1C1CCCC1. The van der Waals surface area contributed by atoms with Crippen LogP contribution in [-0.2, 0) is 4.74 Å². The van der Waals surface area contributed by atoms with Crippen LogP contribution in [0.5, 0.6) is 0 Å². The van der Waals surface area contributed by atoms with Crippen molar-refractivity contribution >= 4 is 6.03 Å². The minimum Gasteiger partial charge on any atom is -0.377 e. The van der Waals surface area contributed by atoms with Crippen molar-refractivity contribution in [1.82, 2.24) is 10.2 Å². The molecule has 2 amide bonds. The number of nitrogens with zero attached hydrogens (tertiary/aromatic N) is 1. The van der Waals surface area contributed by atoms with Crippen molar-refractivity contribution in [3.05, 3.63) is 0 Å². The molecule has 1 N–H and O–H groups in total. The van der Waals surface area contributed by atoms with Crippen molar-refractivity contribution in [1.29, 1.82) is 0 Å². The van der Waals surface area contributed by atoms with Gasteiger partial charge >= 0.3 is 6.03 Å². The molecule has 138 valence electrons. The number of hydrogen-bond donors (Lipinski definition) is 1. The Kier molecular flexibility index (Phi) is 5.74. The predicted molar refractivity (Wildman–Crippen MR) is 97.0 cm³/mol. The van der Waals surface area contributed by atoms with Gasteiger partial charge in [-0.3, -0.25) is 0 Å². The van der Waals surface area contributed by atoms with Gasteiger partial charge in [-0.15, -0.1) is 0 Å². The van der Waals surface area contributed by atoms with E-state index >= 15 is 0 Å². The predicted octanol–water partition coefficient (Wildman–Crippen LogP) is 4.19. The number of likely N-dealkylation sites (tertiary alicyclic amines) is 1. The van der Waals surface area contributed by atoms with Gasteiger partial charge in [-0.25, -0.2) is 4.79 Å². The Hall–Kier alpha value is -0.770. The number of urea groups is 1. The van der Waals surface area contributed by atoms with Crippen LogP contribution >= 0.6 is 0 Å². The number of rotatable bonds is 3. The first-order valence-electron chi connectivity index (χ1n) is 10.1. The van der Waals surface area contributed by atoms with Crippen molar-refractivity contribution in [3.8, 4) is 0 Å². The molecule has 2 saturated heterocycles. The van der Waals surface area contributed by atoms with E-state index in [-0.39, 0.29) is 17.6 Å². The third-order valence-electron chi connectivity index (χ3n) is 6.32. The fourth-order valence-electron chi connectivity index (χ4n) is 5.21. The van der Waals surface area contributed by atoms with Gasteiger partial charge in [0.25, 0.3) is 0 Å². The molecule has 0 bridgehead atoms. The highest BCUT2D eigenvalue weighted by Crippen LogP contribution is 2.36. The zero-order valence-electron chi connectivity index (χ0n) is 15.9. The van der Waals surface area contributed by atoms with Gasteiger partial charge in [0, 0.05) is 31.7 Å². The lowest BCUT2D eigenvalue weighted by molar-refractivity contribution is -0.0839. The van der Waals surface area contributed by atoms with Gasteiger partial charge in [0.2, 0.25) is 0 Å². The molecular weight excluding hydrogens is 300 g/mol. The molecule has 3 aliphatic rings. The van der Waals surface area contributed by atoms with Gasteiger partial charge in [-0.1, -0.05) is 33.6 Å². The van der Waals surface area contributed by atoms with E-state index < -0.39 is 0 Å². The zero-order valence-corrected chi connectivity index (χ0v) is 15.9. The molecule has 4 heteroatoms. The van der Waals surface area contributed by atoms with Crippen molar-refractivity contribution in [3.63, 3.8) is 0 Å². The smallest absolute Gasteiger partial charge is 0.317 e. The molecule has 0 aromatic heterocycles. The summed E-state index contributed by atoms with van der Waals surface area (Å²) >= 11 is 0. The van der Waals surface area contributed by atoms with E-state index in [9.17, 15) is 4.79 Å². The molecule has 3 fully saturated rings. The first-order valence-corrected chi connectivity index (χ1v) is 10.1. The molecule has 0 aromatic rings. The molecular formula is C20H36N2O2. The second kappa shape index (κ2) is 7.63. The Labute approximate surface area is 147 Å². The average Bonchev–Trinajstić information content (AvgIpc) is 3.22. The van der Waals surface area contributed by atoms with Crippen molar-refractivity contribution in [2.24, 2.45) is 17.3 Å². The van der Waals surface area contributed by atoms with Gasteiger partial charge < -0.3 is 15.0 Å². The number of nitrogens with one attached hydrogen (secondary N) is 1. The van der Waals surface area contributed by atoms with Gasteiger partial charge in [-0.2, -0.15) is 0 Å². The molecule has 3 unspecified atom stereocenters. The van der Waals surface area contributed by atoms with Crippen LogP contribution in [0.15, 0.2) is 0 Å². The molecule has 0 aromatic carbocycles. The summed E-state index contributed by atoms with van der Waals surface area (Å²) in [5, 5.41) is 3.26. The van der Waals surface area contributed by atoms with Crippen LogP contribution in [0.3, 0.4) is 0 Å². The van der Waals surface area contributed by atoms with Crippen LogP contribution in [0.25, 0.3) is 0 Å². The first kappa shape index (κ1) is 18.0. The topological polar surface area (TPSA) is 41.6 Å². The highest BCUT2D eigenvalue weighted by atomic mass is 16.5. The molecule has 2 aliphatic heterocycles. The van der Waals surface area contributed by atoms with Crippen LogP contribution in [0, 0.1) is 17.3 Å². The van der Waals surface area contributed by atoms with Crippen molar-refractivity contribution in [2.75, 3.05) is 19.7 Å². The van der Waals surface area contributed by atoms with Gasteiger partial charge in [-0.05, 0) is 49.9 Å². The molecule has 0 spiro atoms. The van der Waals surface area contributed by atoms with E-state index in [1.165, 1.54) is 38.5 Å². The Bertz CT molecular complexity index is 426. The summed E-state index contributed by atoms with van der Waals surface area (Å²) in [7, 11) is 0. The highest BCUT2D eigenvalue weighted by Gasteiger charge is 2.38. The quantitative estimate of drug-likeness (QED) is 0.839. The van der Waals surface area contributed by atoms with E-state index in [1.54, 1.807) is 0 Å². The van der Waals surface area contributed by atoms with E-state index in [4.69, 9.17) is 4.74 Å². The van der Waals surface area contributed by atoms with Crippen LogP contribution in [0.4, 0.5) is 4.79 Å². The molecule has 2 heterocycles. The third kappa shape index (κ3) is 4.07. The number of amides is 2. The number of ether oxygens (including phenoxy) is 1. The minimum absolute atomic E-state index is 0.135. The summed E-state index contributed by atoms with van der Waals surface area (Å²) in [5.74, 6) is 1.19. The maximum atomic E-state index is 12.8. The van der Waals surface area contributed by atoms with Crippen LogP contribution < -0.4 is 5.32 Å². The molecule has 1 aliphatic carbocycles. The molecule has 3 rings (SSSR count).